The molecule has 0 fully saturated rings. The van der Waals surface area contributed by atoms with Gasteiger partial charge in [0, 0.05) is 0 Å². The summed E-state index contributed by atoms with van der Waals surface area (Å²) >= 11 is 0. The van der Waals surface area contributed by atoms with E-state index in [1.807, 2.05) is 6.07 Å². The van der Waals surface area contributed by atoms with Gasteiger partial charge in [0.05, 0.1) is 6.61 Å². The van der Waals surface area contributed by atoms with Gasteiger partial charge in [-0.2, -0.15) is 0 Å². The molecule has 0 aromatic heterocycles. The average molecular weight is 222 g/mol. The lowest BCUT2D eigenvalue weighted by Gasteiger charge is -2.06. The lowest BCUT2D eigenvalue weighted by atomic mass is 10.1. The second-order valence-electron chi connectivity index (χ2n) is 4.05. The molecule has 0 atom stereocenters. The van der Waals surface area contributed by atoms with Crippen LogP contribution in [0.4, 0.5) is 4.79 Å². The lowest BCUT2D eigenvalue weighted by molar-refractivity contribution is 0.0965. The molecule has 0 amide bonds. The Balaban J connectivity index is 2.17. The van der Waals surface area contributed by atoms with Crippen molar-refractivity contribution in [1.29, 1.82) is 0 Å². The SMILES string of the molecule is CC(C)CCCOC(=O)Oc1ccccc1. The van der Waals surface area contributed by atoms with E-state index < -0.39 is 6.16 Å². The highest BCUT2D eigenvalue weighted by molar-refractivity contribution is 5.63. The Labute approximate surface area is 96.4 Å². The van der Waals surface area contributed by atoms with Crippen molar-refractivity contribution in [3.8, 4) is 5.75 Å². The Morgan fingerprint density at radius 3 is 2.56 bits per heavy atom. The molecule has 0 saturated carbocycles. The van der Waals surface area contributed by atoms with E-state index >= 15 is 0 Å². The van der Waals surface area contributed by atoms with Gasteiger partial charge >= 0.3 is 6.16 Å². The Kier molecular flexibility index (Phi) is 5.40. The van der Waals surface area contributed by atoms with Crippen LogP contribution >= 0.6 is 0 Å². The molecule has 88 valence electrons. The summed E-state index contributed by atoms with van der Waals surface area (Å²) in [6, 6.07) is 8.91. The Morgan fingerprint density at radius 1 is 1.25 bits per heavy atom. The summed E-state index contributed by atoms with van der Waals surface area (Å²) in [5.41, 5.74) is 0. The Morgan fingerprint density at radius 2 is 1.94 bits per heavy atom. The molecule has 1 aromatic rings. The normalized spacial score (nSPS) is 10.2. The van der Waals surface area contributed by atoms with Crippen molar-refractivity contribution in [3.63, 3.8) is 0 Å². The Bertz CT molecular complexity index is 306. The molecular weight excluding hydrogens is 204 g/mol. The molecule has 0 aliphatic rings. The van der Waals surface area contributed by atoms with Gasteiger partial charge in [0.15, 0.2) is 0 Å². The molecule has 0 bridgehead atoms. The highest BCUT2D eigenvalue weighted by Gasteiger charge is 2.05. The number of carbonyl (C=O) groups excluding carboxylic acids is 1. The summed E-state index contributed by atoms with van der Waals surface area (Å²) in [5, 5.41) is 0. The molecule has 0 unspecified atom stereocenters. The zero-order valence-electron chi connectivity index (χ0n) is 9.81. The quantitative estimate of drug-likeness (QED) is 0.433. The van der Waals surface area contributed by atoms with E-state index in [-0.39, 0.29) is 0 Å². The molecule has 16 heavy (non-hydrogen) atoms. The van der Waals surface area contributed by atoms with Gasteiger partial charge in [-0.15, -0.1) is 0 Å². The van der Waals surface area contributed by atoms with E-state index in [1.165, 1.54) is 0 Å². The van der Waals surface area contributed by atoms with Crippen molar-refractivity contribution in [2.24, 2.45) is 5.92 Å². The number of carbonyl (C=O) groups is 1. The lowest BCUT2D eigenvalue weighted by Crippen LogP contribution is -2.11. The monoisotopic (exact) mass is 222 g/mol. The molecule has 0 heterocycles. The summed E-state index contributed by atoms with van der Waals surface area (Å²) in [6.07, 6.45) is 1.30. The standard InChI is InChI=1S/C13H18O3/c1-11(2)7-6-10-15-13(14)16-12-8-4-3-5-9-12/h3-5,8-9,11H,6-7,10H2,1-2H3. The topological polar surface area (TPSA) is 35.5 Å². The zero-order chi connectivity index (χ0) is 11.8. The van der Waals surface area contributed by atoms with Gasteiger partial charge in [-0.1, -0.05) is 32.0 Å². The molecule has 1 aromatic carbocycles. The molecule has 0 radical (unpaired) electrons. The predicted octanol–water partition coefficient (Wildman–Crippen LogP) is 3.64. The molecule has 0 aliphatic carbocycles. The van der Waals surface area contributed by atoms with Crippen molar-refractivity contribution < 1.29 is 14.3 Å². The number of hydrogen-bond acceptors (Lipinski definition) is 3. The molecular formula is C13H18O3. The van der Waals surface area contributed by atoms with E-state index in [9.17, 15) is 4.79 Å². The molecule has 0 aliphatic heterocycles. The van der Waals surface area contributed by atoms with Crippen LogP contribution in [0.25, 0.3) is 0 Å². The molecule has 3 nitrogen and oxygen atoms in total. The van der Waals surface area contributed by atoms with Crippen LogP contribution in [0.3, 0.4) is 0 Å². The predicted molar refractivity (Wildman–Crippen MR) is 62.5 cm³/mol. The average Bonchev–Trinajstić information content (AvgIpc) is 2.25. The van der Waals surface area contributed by atoms with E-state index in [0.29, 0.717) is 18.3 Å². The van der Waals surface area contributed by atoms with E-state index in [2.05, 4.69) is 13.8 Å². The highest BCUT2D eigenvalue weighted by Crippen LogP contribution is 2.09. The van der Waals surface area contributed by atoms with Crippen molar-refractivity contribution in [3.05, 3.63) is 30.3 Å². The molecule has 0 spiro atoms. The van der Waals surface area contributed by atoms with Crippen LogP contribution in [0.1, 0.15) is 26.7 Å². The third-order valence-electron chi connectivity index (χ3n) is 2.09. The summed E-state index contributed by atoms with van der Waals surface area (Å²) in [5.74, 6) is 1.14. The summed E-state index contributed by atoms with van der Waals surface area (Å²) in [7, 11) is 0. The van der Waals surface area contributed by atoms with Crippen molar-refractivity contribution in [1.82, 2.24) is 0 Å². The maximum absolute atomic E-state index is 11.2. The minimum Gasteiger partial charge on any atom is -0.434 e. The fraction of sp³-hybridized carbons (Fsp3) is 0.462. The van der Waals surface area contributed by atoms with Gasteiger partial charge in [-0.25, -0.2) is 4.79 Å². The van der Waals surface area contributed by atoms with Crippen LogP contribution in [0.5, 0.6) is 5.75 Å². The maximum atomic E-state index is 11.2. The van der Waals surface area contributed by atoms with E-state index in [0.717, 1.165) is 12.8 Å². The minimum atomic E-state index is -0.630. The number of rotatable bonds is 5. The van der Waals surface area contributed by atoms with Crippen LogP contribution in [-0.4, -0.2) is 12.8 Å². The van der Waals surface area contributed by atoms with Crippen molar-refractivity contribution in [2.75, 3.05) is 6.61 Å². The number of ether oxygens (including phenoxy) is 2. The van der Waals surface area contributed by atoms with Crippen molar-refractivity contribution >= 4 is 6.16 Å². The van der Waals surface area contributed by atoms with Crippen LogP contribution in [0.15, 0.2) is 30.3 Å². The summed E-state index contributed by atoms with van der Waals surface area (Å²) in [6.45, 7) is 4.70. The summed E-state index contributed by atoms with van der Waals surface area (Å²) < 4.78 is 9.90. The van der Waals surface area contributed by atoms with Crippen molar-refractivity contribution in [2.45, 2.75) is 26.7 Å². The fourth-order valence-electron chi connectivity index (χ4n) is 1.26. The second-order valence-corrected chi connectivity index (χ2v) is 4.05. The first-order chi connectivity index (χ1) is 7.68. The fourth-order valence-corrected chi connectivity index (χ4v) is 1.26. The van der Waals surface area contributed by atoms with Gasteiger partial charge in [0.25, 0.3) is 0 Å². The molecule has 0 saturated heterocycles. The first kappa shape index (κ1) is 12.6. The van der Waals surface area contributed by atoms with E-state index in [1.54, 1.807) is 24.3 Å². The van der Waals surface area contributed by atoms with Crippen LogP contribution in [-0.2, 0) is 4.74 Å². The molecule has 3 heteroatoms. The van der Waals surface area contributed by atoms with Gasteiger partial charge in [-0.05, 0) is 30.9 Å². The van der Waals surface area contributed by atoms with Crippen LogP contribution in [0, 0.1) is 5.92 Å². The smallest absolute Gasteiger partial charge is 0.434 e. The minimum absolute atomic E-state index is 0.420. The maximum Gasteiger partial charge on any atom is 0.513 e. The van der Waals surface area contributed by atoms with Crippen LogP contribution < -0.4 is 4.74 Å². The number of para-hydroxylation sites is 1. The van der Waals surface area contributed by atoms with E-state index in [4.69, 9.17) is 9.47 Å². The number of benzene rings is 1. The third kappa shape index (κ3) is 5.39. The van der Waals surface area contributed by atoms with Gasteiger partial charge in [-0.3, -0.25) is 0 Å². The summed E-state index contributed by atoms with van der Waals surface area (Å²) in [4.78, 5) is 11.2. The van der Waals surface area contributed by atoms with Gasteiger partial charge in [0.2, 0.25) is 0 Å². The molecule has 1 rings (SSSR count). The zero-order valence-corrected chi connectivity index (χ0v) is 9.81. The highest BCUT2D eigenvalue weighted by atomic mass is 16.7. The third-order valence-corrected chi connectivity index (χ3v) is 2.09. The first-order valence-corrected chi connectivity index (χ1v) is 5.58. The first-order valence-electron chi connectivity index (χ1n) is 5.58. The second kappa shape index (κ2) is 6.88. The number of hydrogen-bond donors (Lipinski definition) is 0. The van der Waals surface area contributed by atoms with Crippen LogP contribution in [0.2, 0.25) is 0 Å². The Hall–Kier alpha value is -1.51. The largest absolute Gasteiger partial charge is 0.513 e. The molecule has 0 N–H and O–H groups in total. The van der Waals surface area contributed by atoms with Gasteiger partial charge in [0.1, 0.15) is 5.75 Å². The van der Waals surface area contributed by atoms with Gasteiger partial charge < -0.3 is 9.47 Å².